The van der Waals surface area contributed by atoms with E-state index in [0.29, 0.717) is 23.4 Å². The highest BCUT2D eigenvalue weighted by Gasteiger charge is 2.34. The zero-order chi connectivity index (χ0) is 15.8. The summed E-state index contributed by atoms with van der Waals surface area (Å²) >= 11 is 0. The van der Waals surface area contributed by atoms with Crippen LogP contribution < -0.4 is 5.32 Å². The molecule has 3 heterocycles. The summed E-state index contributed by atoms with van der Waals surface area (Å²) in [6, 6.07) is 1.99. The molecule has 4 rings (SSSR count). The van der Waals surface area contributed by atoms with Crippen molar-refractivity contribution in [3.63, 3.8) is 0 Å². The fourth-order valence-corrected chi connectivity index (χ4v) is 3.70. The van der Waals surface area contributed by atoms with E-state index in [2.05, 4.69) is 22.3 Å². The third-order valence-corrected chi connectivity index (χ3v) is 5.29. The Balaban J connectivity index is 1.31. The molecule has 1 unspecified atom stereocenters. The minimum atomic E-state index is -0.108. The van der Waals surface area contributed by atoms with Crippen molar-refractivity contribution < 1.29 is 14.1 Å². The first-order valence-corrected chi connectivity index (χ1v) is 8.76. The van der Waals surface area contributed by atoms with Gasteiger partial charge >= 0.3 is 0 Å². The summed E-state index contributed by atoms with van der Waals surface area (Å²) in [6.07, 6.45) is 3.45. The van der Waals surface area contributed by atoms with E-state index in [1.165, 1.54) is 0 Å². The lowest BCUT2D eigenvalue weighted by atomic mass is 10.1. The van der Waals surface area contributed by atoms with Gasteiger partial charge in [-0.3, -0.25) is 4.79 Å². The van der Waals surface area contributed by atoms with Gasteiger partial charge in [0.15, 0.2) is 5.69 Å². The second-order valence-corrected chi connectivity index (χ2v) is 7.39. The fraction of sp³-hybridized carbons (Fsp3) is 0.765. The van der Waals surface area contributed by atoms with Crippen LogP contribution in [0.2, 0.25) is 0 Å². The van der Waals surface area contributed by atoms with Crippen LogP contribution in [0.5, 0.6) is 0 Å². The molecular formula is C17H25N3O3. The van der Waals surface area contributed by atoms with Gasteiger partial charge in [-0.2, -0.15) is 0 Å². The molecule has 1 aliphatic carbocycles. The van der Waals surface area contributed by atoms with Crippen LogP contribution in [0.4, 0.5) is 0 Å². The lowest BCUT2D eigenvalue weighted by molar-refractivity contribution is 0.0921. The maximum atomic E-state index is 12.4. The lowest BCUT2D eigenvalue weighted by Gasteiger charge is -2.19. The molecule has 1 aromatic heterocycles. The molecule has 2 saturated heterocycles. The van der Waals surface area contributed by atoms with Crippen molar-refractivity contribution in [1.29, 1.82) is 0 Å². The minimum absolute atomic E-state index is 0.108. The average Bonchev–Trinajstić information content (AvgIpc) is 2.94. The summed E-state index contributed by atoms with van der Waals surface area (Å²) in [6.45, 7) is 7.00. The summed E-state index contributed by atoms with van der Waals surface area (Å²) in [4.78, 5) is 14.8. The van der Waals surface area contributed by atoms with E-state index in [1.54, 1.807) is 6.07 Å². The topological polar surface area (TPSA) is 67.6 Å². The first kappa shape index (κ1) is 15.1. The molecule has 23 heavy (non-hydrogen) atoms. The fourth-order valence-electron chi connectivity index (χ4n) is 3.70. The molecule has 1 aromatic rings. The highest BCUT2D eigenvalue weighted by molar-refractivity contribution is 5.92. The lowest BCUT2D eigenvalue weighted by Crippen LogP contribution is -2.40. The minimum Gasteiger partial charge on any atom is -0.381 e. The molecule has 0 spiro atoms. The summed E-state index contributed by atoms with van der Waals surface area (Å²) in [5.41, 5.74) is 0.418. The van der Waals surface area contributed by atoms with E-state index in [1.807, 2.05) is 0 Å². The van der Waals surface area contributed by atoms with Gasteiger partial charge in [0.05, 0.1) is 6.61 Å². The number of hydrogen-bond donors (Lipinski definition) is 1. The number of likely N-dealkylation sites (tertiary alicyclic amines) is 1. The Morgan fingerprint density at radius 3 is 3.00 bits per heavy atom. The molecule has 3 atom stereocenters. The maximum absolute atomic E-state index is 12.4. The van der Waals surface area contributed by atoms with Crippen LogP contribution in [-0.4, -0.2) is 54.9 Å². The SMILES string of the molecule is C[C@@H]1CN(CC2CCOC2)C[C@H]1NC(=O)c1cc(C2CC2)on1. The van der Waals surface area contributed by atoms with E-state index in [4.69, 9.17) is 9.26 Å². The molecule has 1 saturated carbocycles. The molecule has 3 aliphatic rings. The number of ether oxygens (including phenoxy) is 1. The highest BCUT2D eigenvalue weighted by Crippen LogP contribution is 2.40. The van der Waals surface area contributed by atoms with Crippen LogP contribution in [0.1, 0.15) is 48.4 Å². The van der Waals surface area contributed by atoms with Crippen molar-refractivity contribution in [2.24, 2.45) is 11.8 Å². The Labute approximate surface area is 136 Å². The Morgan fingerprint density at radius 1 is 1.39 bits per heavy atom. The van der Waals surface area contributed by atoms with Crippen molar-refractivity contribution in [2.45, 2.75) is 38.1 Å². The van der Waals surface area contributed by atoms with Crippen LogP contribution in [0.3, 0.4) is 0 Å². The van der Waals surface area contributed by atoms with E-state index >= 15 is 0 Å². The van der Waals surface area contributed by atoms with Gasteiger partial charge in [0, 0.05) is 44.3 Å². The number of aromatic nitrogens is 1. The Kier molecular flexibility index (Phi) is 4.11. The molecule has 1 N–H and O–H groups in total. The zero-order valence-corrected chi connectivity index (χ0v) is 13.7. The first-order valence-electron chi connectivity index (χ1n) is 8.76. The molecule has 126 valence electrons. The quantitative estimate of drug-likeness (QED) is 0.893. The molecule has 2 aliphatic heterocycles. The van der Waals surface area contributed by atoms with Gasteiger partial charge in [0.2, 0.25) is 0 Å². The third-order valence-electron chi connectivity index (χ3n) is 5.29. The number of carbonyl (C=O) groups excluding carboxylic acids is 1. The number of amides is 1. The van der Waals surface area contributed by atoms with Gasteiger partial charge < -0.3 is 19.5 Å². The van der Waals surface area contributed by atoms with Crippen molar-refractivity contribution in [3.05, 3.63) is 17.5 Å². The summed E-state index contributed by atoms with van der Waals surface area (Å²) in [5, 5.41) is 7.07. The van der Waals surface area contributed by atoms with Gasteiger partial charge in [0.25, 0.3) is 5.91 Å². The second kappa shape index (κ2) is 6.24. The van der Waals surface area contributed by atoms with Crippen molar-refractivity contribution in [3.8, 4) is 0 Å². The van der Waals surface area contributed by atoms with Crippen molar-refractivity contribution >= 4 is 5.91 Å². The maximum Gasteiger partial charge on any atom is 0.273 e. The molecule has 1 amide bonds. The van der Waals surface area contributed by atoms with Crippen LogP contribution in [-0.2, 0) is 4.74 Å². The van der Waals surface area contributed by atoms with E-state index in [0.717, 1.165) is 57.9 Å². The first-order chi connectivity index (χ1) is 11.2. The summed E-state index contributed by atoms with van der Waals surface area (Å²) in [5.74, 6) is 2.34. The van der Waals surface area contributed by atoms with Crippen LogP contribution in [0, 0.1) is 11.8 Å². The number of nitrogens with one attached hydrogen (secondary N) is 1. The van der Waals surface area contributed by atoms with E-state index in [9.17, 15) is 4.79 Å². The Hall–Kier alpha value is -1.40. The van der Waals surface area contributed by atoms with Gasteiger partial charge in [-0.05, 0) is 31.1 Å². The molecule has 6 nitrogen and oxygen atoms in total. The van der Waals surface area contributed by atoms with E-state index in [-0.39, 0.29) is 11.9 Å². The van der Waals surface area contributed by atoms with E-state index < -0.39 is 0 Å². The molecule has 0 radical (unpaired) electrons. The van der Waals surface area contributed by atoms with Crippen LogP contribution in [0.25, 0.3) is 0 Å². The Bertz CT molecular complexity index is 563. The van der Waals surface area contributed by atoms with Crippen molar-refractivity contribution in [1.82, 2.24) is 15.4 Å². The predicted molar refractivity (Wildman–Crippen MR) is 84.3 cm³/mol. The van der Waals surface area contributed by atoms with Gasteiger partial charge in [-0.25, -0.2) is 0 Å². The molecular weight excluding hydrogens is 294 g/mol. The number of nitrogens with zero attached hydrogens (tertiary/aromatic N) is 2. The van der Waals surface area contributed by atoms with Crippen LogP contribution in [0.15, 0.2) is 10.6 Å². The normalized spacial score (nSPS) is 31.6. The summed E-state index contributed by atoms with van der Waals surface area (Å²) < 4.78 is 10.7. The predicted octanol–water partition coefficient (Wildman–Crippen LogP) is 1.64. The number of rotatable bonds is 5. The Morgan fingerprint density at radius 2 is 2.26 bits per heavy atom. The van der Waals surface area contributed by atoms with Crippen molar-refractivity contribution in [2.75, 3.05) is 32.8 Å². The molecule has 0 aromatic carbocycles. The second-order valence-electron chi connectivity index (χ2n) is 7.39. The van der Waals surface area contributed by atoms with Gasteiger partial charge in [0.1, 0.15) is 5.76 Å². The van der Waals surface area contributed by atoms with Gasteiger partial charge in [-0.15, -0.1) is 0 Å². The molecule has 0 bridgehead atoms. The average molecular weight is 319 g/mol. The molecule has 3 fully saturated rings. The highest BCUT2D eigenvalue weighted by atomic mass is 16.5. The molecule has 6 heteroatoms. The third kappa shape index (κ3) is 3.43. The number of carbonyl (C=O) groups is 1. The smallest absolute Gasteiger partial charge is 0.273 e. The standard InChI is InChI=1S/C17H25N3O3/c1-11-7-20(8-12-4-5-22-10-12)9-15(11)18-17(21)14-6-16(23-19-14)13-2-3-13/h6,11-13,15H,2-5,7-10H2,1H3,(H,18,21)/t11-,12?,15-/m1/s1. The zero-order valence-electron chi connectivity index (χ0n) is 13.7. The summed E-state index contributed by atoms with van der Waals surface area (Å²) in [7, 11) is 0. The number of hydrogen-bond acceptors (Lipinski definition) is 5. The monoisotopic (exact) mass is 319 g/mol. The van der Waals surface area contributed by atoms with Crippen LogP contribution >= 0.6 is 0 Å². The largest absolute Gasteiger partial charge is 0.381 e. The van der Waals surface area contributed by atoms with Gasteiger partial charge in [-0.1, -0.05) is 12.1 Å².